The van der Waals surface area contributed by atoms with E-state index in [9.17, 15) is 0 Å². The predicted molar refractivity (Wildman–Crippen MR) is 69.9 cm³/mol. The molecule has 2 N–H and O–H groups in total. The van der Waals surface area contributed by atoms with E-state index in [1.54, 1.807) is 11.8 Å². The second-order valence-corrected chi connectivity index (χ2v) is 5.29. The number of hydrogen-bond acceptors (Lipinski definition) is 4. The molecule has 0 aliphatic rings. The quantitative estimate of drug-likeness (QED) is 0.634. The van der Waals surface area contributed by atoms with Gasteiger partial charge in [-0.05, 0) is 45.7 Å². The average molecular weight is 239 g/mol. The molecule has 0 aliphatic heterocycles. The van der Waals surface area contributed by atoms with Crippen molar-refractivity contribution < 1.29 is 0 Å². The molecule has 0 amide bonds. The summed E-state index contributed by atoms with van der Waals surface area (Å²) in [7, 11) is 0. The third-order valence-electron chi connectivity index (χ3n) is 2.83. The summed E-state index contributed by atoms with van der Waals surface area (Å²) in [5.41, 5.74) is 8.94. The molecular weight excluding hydrogens is 218 g/mol. The van der Waals surface area contributed by atoms with Crippen LogP contribution in [-0.4, -0.2) is 21.8 Å². The second kappa shape index (κ2) is 6.21. The van der Waals surface area contributed by atoms with Crippen LogP contribution < -0.4 is 5.73 Å². The summed E-state index contributed by atoms with van der Waals surface area (Å²) < 4.78 is 0. The highest BCUT2D eigenvalue weighted by molar-refractivity contribution is 7.99. The molecule has 1 atom stereocenters. The van der Waals surface area contributed by atoms with E-state index in [1.807, 2.05) is 13.8 Å². The summed E-state index contributed by atoms with van der Waals surface area (Å²) in [6.45, 7) is 9.06. The van der Waals surface area contributed by atoms with Gasteiger partial charge >= 0.3 is 0 Å². The Balaban J connectivity index is 2.80. The normalized spacial score (nSPS) is 12.8. The van der Waals surface area contributed by atoms with Gasteiger partial charge in [0.2, 0.25) is 0 Å². The Labute approximate surface area is 102 Å². The van der Waals surface area contributed by atoms with E-state index in [1.165, 1.54) is 5.56 Å². The van der Waals surface area contributed by atoms with Crippen LogP contribution in [0, 0.1) is 20.8 Å². The van der Waals surface area contributed by atoms with Crippen molar-refractivity contribution >= 4 is 11.8 Å². The zero-order valence-corrected chi connectivity index (χ0v) is 11.4. The van der Waals surface area contributed by atoms with Gasteiger partial charge in [-0.2, -0.15) is 0 Å². The largest absolute Gasteiger partial charge is 0.330 e. The predicted octanol–water partition coefficient (Wildman–Crippen LogP) is 2.62. The van der Waals surface area contributed by atoms with E-state index in [-0.39, 0.29) is 0 Å². The first kappa shape index (κ1) is 13.5. The van der Waals surface area contributed by atoms with Gasteiger partial charge in [0.05, 0.1) is 0 Å². The van der Waals surface area contributed by atoms with Crippen molar-refractivity contribution in [3.63, 3.8) is 0 Å². The first-order valence-electron chi connectivity index (χ1n) is 5.77. The molecule has 1 aromatic heterocycles. The fraction of sp³-hybridized carbons (Fsp3) is 0.667. The molecular formula is C12H21N3S. The molecule has 0 radical (unpaired) electrons. The third-order valence-corrected chi connectivity index (χ3v) is 4.12. The highest BCUT2D eigenvalue weighted by Crippen LogP contribution is 2.25. The number of thioether (sulfide) groups is 1. The number of nitrogens with zero attached hydrogens (tertiary/aromatic N) is 2. The fourth-order valence-electron chi connectivity index (χ4n) is 1.48. The van der Waals surface area contributed by atoms with Crippen LogP contribution in [0.5, 0.6) is 0 Å². The van der Waals surface area contributed by atoms with Gasteiger partial charge in [0.25, 0.3) is 0 Å². The van der Waals surface area contributed by atoms with Crippen LogP contribution in [-0.2, 0) is 0 Å². The van der Waals surface area contributed by atoms with Crippen molar-refractivity contribution in [3.05, 3.63) is 17.0 Å². The molecule has 4 heteroatoms. The molecule has 0 aromatic carbocycles. The van der Waals surface area contributed by atoms with Crippen molar-refractivity contribution in [1.29, 1.82) is 0 Å². The van der Waals surface area contributed by atoms with E-state index < -0.39 is 0 Å². The summed E-state index contributed by atoms with van der Waals surface area (Å²) in [4.78, 5) is 9.03. The summed E-state index contributed by atoms with van der Waals surface area (Å²) in [5.74, 6) is 0. The maximum atomic E-state index is 5.59. The molecule has 0 fully saturated rings. The minimum atomic E-state index is 0.534. The Morgan fingerprint density at radius 2 is 1.75 bits per heavy atom. The van der Waals surface area contributed by atoms with Gasteiger partial charge in [0.15, 0.2) is 5.16 Å². The number of aromatic nitrogens is 2. The smallest absolute Gasteiger partial charge is 0.188 e. The van der Waals surface area contributed by atoms with Gasteiger partial charge in [-0.1, -0.05) is 18.7 Å². The Morgan fingerprint density at radius 1 is 1.19 bits per heavy atom. The van der Waals surface area contributed by atoms with Crippen molar-refractivity contribution in [2.45, 2.75) is 50.9 Å². The topological polar surface area (TPSA) is 51.8 Å². The summed E-state index contributed by atoms with van der Waals surface area (Å²) in [6.07, 6.45) is 2.13. The molecule has 1 rings (SSSR count). The van der Waals surface area contributed by atoms with Crippen molar-refractivity contribution in [2.24, 2.45) is 5.73 Å². The average Bonchev–Trinajstić information content (AvgIpc) is 2.25. The lowest BCUT2D eigenvalue weighted by atomic mass is 10.2. The van der Waals surface area contributed by atoms with E-state index >= 15 is 0 Å². The molecule has 3 nitrogen and oxygen atoms in total. The Morgan fingerprint density at radius 3 is 2.19 bits per heavy atom. The van der Waals surface area contributed by atoms with Gasteiger partial charge in [-0.15, -0.1) is 0 Å². The molecule has 16 heavy (non-hydrogen) atoms. The molecule has 1 unspecified atom stereocenters. The van der Waals surface area contributed by atoms with Crippen LogP contribution in [0.1, 0.15) is 36.7 Å². The Kier molecular flexibility index (Phi) is 5.22. The third kappa shape index (κ3) is 3.46. The summed E-state index contributed by atoms with van der Waals surface area (Å²) >= 11 is 1.75. The molecule has 0 saturated heterocycles. The van der Waals surface area contributed by atoms with Gasteiger partial charge < -0.3 is 5.73 Å². The highest BCUT2D eigenvalue weighted by atomic mass is 32.2. The van der Waals surface area contributed by atoms with Gasteiger partial charge in [0, 0.05) is 16.6 Å². The fourth-order valence-corrected chi connectivity index (χ4v) is 2.57. The zero-order chi connectivity index (χ0) is 12.1. The molecule has 1 aromatic rings. The van der Waals surface area contributed by atoms with E-state index in [0.717, 1.165) is 35.9 Å². The van der Waals surface area contributed by atoms with Crippen LogP contribution in [0.15, 0.2) is 5.16 Å². The van der Waals surface area contributed by atoms with Crippen LogP contribution in [0.25, 0.3) is 0 Å². The van der Waals surface area contributed by atoms with Gasteiger partial charge in [0.1, 0.15) is 0 Å². The lowest BCUT2D eigenvalue weighted by molar-refractivity contribution is 0.739. The summed E-state index contributed by atoms with van der Waals surface area (Å²) in [5, 5.41) is 1.42. The lowest BCUT2D eigenvalue weighted by Crippen LogP contribution is -2.10. The van der Waals surface area contributed by atoms with Crippen molar-refractivity contribution in [1.82, 2.24) is 9.97 Å². The highest BCUT2D eigenvalue weighted by Gasteiger charge is 2.11. The minimum absolute atomic E-state index is 0.534. The van der Waals surface area contributed by atoms with Gasteiger partial charge in [-0.3, -0.25) is 0 Å². The molecule has 0 aliphatic carbocycles. The first-order chi connectivity index (χ1) is 7.58. The molecule has 1 heterocycles. The van der Waals surface area contributed by atoms with Crippen LogP contribution >= 0.6 is 11.8 Å². The maximum Gasteiger partial charge on any atom is 0.188 e. The van der Waals surface area contributed by atoms with E-state index in [2.05, 4.69) is 23.8 Å². The van der Waals surface area contributed by atoms with Crippen molar-refractivity contribution in [3.8, 4) is 0 Å². The second-order valence-electron chi connectivity index (χ2n) is 4.03. The van der Waals surface area contributed by atoms with Crippen molar-refractivity contribution in [2.75, 3.05) is 6.54 Å². The minimum Gasteiger partial charge on any atom is -0.330 e. The van der Waals surface area contributed by atoms with Crippen LogP contribution in [0.4, 0.5) is 0 Å². The Bertz CT molecular complexity index is 329. The van der Waals surface area contributed by atoms with E-state index in [4.69, 9.17) is 5.73 Å². The molecule has 90 valence electrons. The number of rotatable bonds is 5. The molecule has 0 bridgehead atoms. The number of hydrogen-bond donors (Lipinski definition) is 1. The number of nitrogens with two attached hydrogens (primary N) is 1. The maximum absolute atomic E-state index is 5.59. The standard InChI is InChI=1S/C12H21N3S/c1-5-11(6-7-13)16-12-14-9(3)8(2)10(4)15-12/h11H,5-7,13H2,1-4H3. The molecule has 0 saturated carbocycles. The summed E-state index contributed by atoms with van der Waals surface area (Å²) in [6, 6.07) is 0. The van der Waals surface area contributed by atoms with Gasteiger partial charge in [-0.25, -0.2) is 9.97 Å². The Hall–Kier alpha value is -0.610. The van der Waals surface area contributed by atoms with Crippen LogP contribution in [0.3, 0.4) is 0 Å². The number of aryl methyl sites for hydroxylation is 2. The lowest BCUT2D eigenvalue weighted by Gasteiger charge is -2.13. The van der Waals surface area contributed by atoms with E-state index in [0.29, 0.717) is 5.25 Å². The molecule has 0 spiro atoms. The zero-order valence-electron chi connectivity index (χ0n) is 10.6. The SMILES string of the molecule is CCC(CCN)Sc1nc(C)c(C)c(C)n1. The van der Waals surface area contributed by atoms with Crippen LogP contribution in [0.2, 0.25) is 0 Å². The first-order valence-corrected chi connectivity index (χ1v) is 6.65. The monoisotopic (exact) mass is 239 g/mol.